The number of hydrogen-bond acceptors (Lipinski definition) is 6. The van der Waals surface area contributed by atoms with Crippen molar-refractivity contribution in [3.8, 4) is 11.5 Å². The van der Waals surface area contributed by atoms with E-state index >= 15 is 0 Å². The third kappa shape index (κ3) is 5.78. The molecule has 1 aromatic heterocycles. The molecule has 2 heterocycles. The summed E-state index contributed by atoms with van der Waals surface area (Å²) >= 11 is 1.26. The van der Waals surface area contributed by atoms with E-state index in [0.717, 1.165) is 17.7 Å². The highest BCUT2D eigenvalue weighted by molar-refractivity contribution is 7.91. The number of sulfonamides is 1. The van der Waals surface area contributed by atoms with E-state index in [1.165, 1.54) is 15.6 Å². The summed E-state index contributed by atoms with van der Waals surface area (Å²) in [7, 11) is -2.02. The summed E-state index contributed by atoms with van der Waals surface area (Å²) < 4.78 is 38.8. The maximum Gasteiger partial charge on any atom is 0.252 e. The van der Waals surface area contributed by atoms with Crippen molar-refractivity contribution in [2.45, 2.75) is 43.7 Å². The topological polar surface area (TPSA) is 84.9 Å². The molecule has 2 aromatic rings. The van der Waals surface area contributed by atoms with Crippen LogP contribution in [0.5, 0.6) is 11.5 Å². The van der Waals surface area contributed by atoms with Gasteiger partial charge in [-0.1, -0.05) is 13.3 Å². The van der Waals surface area contributed by atoms with Crippen LogP contribution in [0.3, 0.4) is 0 Å². The van der Waals surface area contributed by atoms with Gasteiger partial charge in [0, 0.05) is 24.0 Å². The highest BCUT2D eigenvalue weighted by atomic mass is 32.2. The Bertz CT molecular complexity index is 1000. The number of carbonyl (C=O) groups excluding carboxylic acids is 1. The van der Waals surface area contributed by atoms with Crippen LogP contribution in [0.25, 0.3) is 0 Å². The van der Waals surface area contributed by atoms with E-state index in [-0.39, 0.29) is 12.5 Å². The summed E-state index contributed by atoms with van der Waals surface area (Å²) in [5, 5.41) is 2.93. The third-order valence-corrected chi connectivity index (χ3v) is 8.60. The predicted octanol–water partition coefficient (Wildman–Crippen LogP) is 4.28. The number of methoxy groups -OCH3 is 1. The number of ether oxygens (including phenoxy) is 2. The average Bonchev–Trinajstić information content (AvgIpc) is 3.22. The quantitative estimate of drug-likeness (QED) is 0.558. The first-order chi connectivity index (χ1) is 14.8. The molecular formula is C22H30N2O5S2. The Morgan fingerprint density at radius 3 is 2.77 bits per heavy atom. The molecule has 0 saturated carbocycles. The van der Waals surface area contributed by atoms with E-state index in [0.29, 0.717) is 47.4 Å². The molecule has 7 nitrogen and oxygen atoms in total. The number of hydrogen-bond donors (Lipinski definition) is 1. The first-order valence-electron chi connectivity index (χ1n) is 10.5. The summed E-state index contributed by atoms with van der Waals surface area (Å²) in [5.41, 5.74) is 0.536. The largest absolute Gasteiger partial charge is 0.497 e. The molecule has 0 radical (unpaired) electrons. The van der Waals surface area contributed by atoms with Crippen molar-refractivity contribution in [2.75, 3.05) is 32.1 Å². The van der Waals surface area contributed by atoms with Crippen molar-refractivity contribution in [1.82, 2.24) is 4.31 Å². The number of anilines is 1. The molecule has 3 rings (SSSR count). The lowest BCUT2D eigenvalue weighted by atomic mass is 9.98. The standard InChI is InChI=1S/C22H30N2O5S2/c1-4-5-13-29-20-10-9-18(28-3)14-19(20)23-22(25)17-7-6-12-24(15-17)31(26,27)21-11-8-16(2)30-21/h8-11,14,17H,4-7,12-13,15H2,1-3H3,(H,23,25). The van der Waals surface area contributed by atoms with Crippen molar-refractivity contribution in [3.63, 3.8) is 0 Å². The number of aryl methyl sites for hydroxylation is 1. The Morgan fingerprint density at radius 2 is 2.10 bits per heavy atom. The number of piperidine rings is 1. The minimum atomic E-state index is -3.59. The molecule has 170 valence electrons. The second-order valence-electron chi connectivity index (χ2n) is 7.62. The Balaban J connectivity index is 1.73. The van der Waals surface area contributed by atoms with E-state index in [9.17, 15) is 13.2 Å². The molecule has 1 fully saturated rings. The van der Waals surface area contributed by atoms with Gasteiger partial charge in [-0.3, -0.25) is 4.79 Å². The Morgan fingerprint density at radius 1 is 1.29 bits per heavy atom. The van der Waals surface area contributed by atoms with E-state index in [4.69, 9.17) is 9.47 Å². The highest BCUT2D eigenvalue weighted by Gasteiger charge is 2.34. The minimum Gasteiger partial charge on any atom is -0.497 e. The predicted molar refractivity (Wildman–Crippen MR) is 123 cm³/mol. The number of carbonyl (C=O) groups is 1. The second kappa shape index (κ2) is 10.5. The molecule has 31 heavy (non-hydrogen) atoms. The zero-order chi connectivity index (χ0) is 22.4. The van der Waals surface area contributed by atoms with Crippen LogP contribution in [0.15, 0.2) is 34.5 Å². The van der Waals surface area contributed by atoms with Crippen LogP contribution in [-0.4, -0.2) is 45.4 Å². The lowest BCUT2D eigenvalue weighted by molar-refractivity contribution is -0.120. The fourth-order valence-electron chi connectivity index (χ4n) is 3.47. The number of unbranched alkanes of at least 4 members (excludes halogenated alkanes) is 1. The van der Waals surface area contributed by atoms with Crippen molar-refractivity contribution in [2.24, 2.45) is 5.92 Å². The molecule has 1 amide bonds. The smallest absolute Gasteiger partial charge is 0.252 e. The summed E-state index contributed by atoms with van der Waals surface area (Å²) in [5.74, 6) is 0.547. The van der Waals surface area contributed by atoms with Crippen LogP contribution in [-0.2, 0) is 14.8 Å². The molecular weight excluding hydrogens is 436 g/mol. The summed E-state index contributed by atoms with van der Waals surface area (Å²) in [6, 6.07) is 8.73. The highest BCUT2D eigenvalue weighted by Crippen LogP contribution is 2.32. The lowest BCUT2D eigenvalue weighted by Gasteiger charge is -2.31. The van der Waals surface area contributed by atoms with Crippen LogP contribution in [0.2, 0.25) is 0 Å². The van der Waals surface area contributed by atoms with Gasteiger partial charge in [0.15, 0.2) is 0 Å². The maximum atomic E-state index is 13.0. The van der Waals surface area contributed by atoms with Gasteiger partial charge in [-0.15, -0.1) is 11.3 Å². The number of benzene rings is 1. The van der Waals surface area contributed by atoms with Gasteiger partial charge >= 0.3 is 0 Å². The van der Waals surface area contributed by atoms with Gasteiger partial charge < -0.3 is 14.8 Å². The van der Waals surface area contributed by atoms with Gasteiger partial charge in [0.2, 0.25) is 5.91 Å². The molecule has 1 atom stereocenters. The van der Waals surface area contributed by atoms with Crippen LogP contribution in [0.1, 0.15) is 37.5 Å². The van der Waals surface area contributed by atoms with Gasteiger partial charge in [-0.25, -0.2) is 8.42 Å². The summed E-state index contributed by atoms with van der Waals surface area (Å²) in [6.07, 6.45) is 3.20. The van der Waals surface area contributed by atoms with Crippen LogP contribution >= 0.6 is 11.3 Å². The van der Waals surface area contributed by atoms with Crippen molar-refractivity contribution in [3.05, 3.63) is 35.2 Å². The first-order valence-corrected chi connectivity index (χ1v) is 12.8. The number of rotatable bonds is 9. The number of nitrogens with zero attached hydrogens (tertiary/aromatic N) is 1. The van der Waals surface area contributed by atoms with Gasteiger partial charge in [-0.05, 0) is 50.5 Å². The number of nitrogens with one attached hydrogen (secondary N) is 1. The molecule has 1 aliphatic rings. The van der Waals surface area contributed by atoms with Crippen LogP contribution < -0.4 is 14.8 Å². The van der Waals surface area contributed by atoms with E-state index in [1.54, 1.807) is 37.4 Å². The van der Waals surface area contributed by atoms with Gasteiger partial charge in [0.05, 0.1) is 25.3 Å². The summed E-state index contributed by atoms with van der Waals surface area (Å²) in [6.45, 7) is 5.11. The normalized spacial score (nSPS) is 17.3. The molecule has 1 unspecified atom stereocenters. The molecule has 1 saturated heterocycles. The Labute approximate surface area is 188 Å². The van der Waals surface area contributed by atoms with Crippen molar-refractivity contribution < 1.29 is 22.7 Å². The molecule has 1 aromatic carbocycles. The second-order valence-corrected chi connectivity index (χ2v) is 11.1. The van der Waals surface area contributed by atoms with Crippen molar-refractivity contribution in [1.29, 1.82) is 0 Å². The Kier molecular flexibility index (Phi) is 7.96. The molecule has 0 spiro atoms. The van der Waals surface area contributed by atoms with Gasteiger partial charge in [0.25, 0.3) is 10.0 Å². The minimum absolute atomic E-state index is 0.168. The zero-order valence-corrected chi connectivity index (χ0v) is 19.9. The van der Waals surface area contributed by atoms with E-state index in [2.05, 4.69) is 12.2 Å². The molecule has 0 bridgehead atoms. The lowest BCUT2D eigenvalue weighted by Crippen LogP contribution is -2.43. The van der Waals surface area contributed by atoms with E-state index < -0.39 is 15.9 Å². The fourth-order valence-corrected chi connectivity index (χ4v) is 6.44. The fraction of sp³-hybridized carbons (Fsp3) is 0.500. The first kappa shape index (κ1) is 23.6. The van der Waals surface area contributed by atoms with Gasteiger partial charge in [0.1, 0.15) is 15.7 Å². The average molecular weight is 467 g/mol. The van der Waals surface area contributed by atoms with Crippen LogP contribution in [0.4, 0.5) is 5.69 Å². The summed E-state index contributed by atoms with van der Waals surface area (Å²) in [4.78, 5) is 14.0. The van der Waals surface area contributed by atoms with E-state index in [1.807, 2.05) is 6.92 Å². The molecule has 9 heteroatoms. The van der Waals surface area contributed by atoms with Crippen molar-refractivity contribution >= 4 is 33.0 Å². The third-order valence-electron chi connectivity index (χ3n) is 5.26. The van der Waals surface area contributed by atoms with Crippen LogP contribution in [0, 0.1) is 12.8 Å². The maximum absolute atomic E-state index is 13.0. The monoisotopic (exact) mass is 466 g/mol. The van der Waals surface area contributed by atoms with Gasteiger partial charge in [-0.2, -0.15) is 4.31 Å². The zero-order valence-electron chi connectivity index (χ0n) is 18.2. The molecule has 1 N–H and O–H groups in total. The SMILES string of the molecule is CCCCOc1ccc(OC)cc1NC(=O)C1CCCN(S(=O)(=O)c2ccc(C)s2)C1. The molecule has 0 aliphatic carbocycles. The molecule has 1 aliphatic heterocycles. The Hall–Kier alpha value is -2.10. The number of thiophene rings is 1. The number of amides is 1.